The van der Waals surface area contributed by atoms with Gasteiger partial charge in [0.05, 0.1) is 23.7 Å². The molecular formula is C23H24ClNO4. The summed E-state index contributed by atoms with van der Waals surface area (Å²) >= 11 is 6.28. The van der Waals surface area contributed by atoms with E-state index in [9.17, 15) is 14.7 Å². The van der Waals surface area contributed by atoms with Gasteiger partial charge in [-0.1, -0.05) is 49.7 Å². The number of ketones is 1. The number of aliphatic hydroxyl groups excluding tert-OH is 1. The van der Waals surface area contributed by atoms with Crippen molar-refractivity contribution < 1.29 is 19.4 Å². The number of rotatable bonds is 6. The Morgan fingerprint density at radius 1 is 1.14 bits per heavy atom. The van der Waals surface area contributed by atoms with Crippen LogP contribution in [0.1, 0.15) is 43.0 Å². The lowest BCUT2D eigenvalue weighted by Gasteiger charge is -2.25. The quantitative estimate of drug-likeness (QED) is 0.422. The molecule has 1 saturated heterocycles. The first-order valence-corrected chi connectivity index (χ1v) is 10.0. The molecule has 1 amide bonds. The highest BCUT2D eigenvalue weighted by Crippen LogP contribution is 2.41. The maximum absolute atomic E-state index is 12.9. The van der Waals surface area contributed by atoms with Crippen molar-refractivity contribution in [3.05, 3.63) is 69.8 Å². The fraction of sp³-hybridized carbons (Fsp3) is 0.304. The Morgan fingerprint density at radius 2 is 1.83 bits per heavy atom. The average Bonchev–Trinajstić information content (AvgIpc) is 2.99. The van der Waals surface area contributed by atoms with Gasteiger partial charge in [0.2, 0.25) is 0 Å². The highest BCUT2D eigenvalue weighted by molar-refractivity contribution is 6.47. The number of nitrogens with zero attached hydrogens (tertiary/aromatic N) is 1. The molecule has 1 N–H and O–H groups in total. The number of carbonyl (C=O) groups is 2. The van der Waals surface area contributed by atoms with Gasteiger partial charge < -0.3 is 14.7 Å². The second-order valence-corrected chi connectivity index (χ2v) is 7.34. The summed E-state index contributed by atoms with van der Waals surface area (Å²) in [7, 11) is 1.50. The van der Waals surface area contributed by atoms with Crippen molar-refractivity contribution in [2.75, 3.05) is 13.7 Å². The largest absolute Gasteiger partial charge is 0.507 e. The molecular weight excluding hydrogens is 390 g/mol. The zero-order valence-electron chi connectivity index (χ0n) is 16.7. The van der Waals surface area contributed by atoms with Crippen LogP contribution in [0.5, 0.6) is 5.75 Å². The molecule has 0 bridgehead atoms. The van der Waals surface area contributed by atoms with Crippen LogP contribution in [-0.2, 0) is 16.0 Å². The van der Waals surface area contributed by atoms with Gasteiger partial charge in [0, 0.05) is 12.1 Å². The van der Waals surface area contributed by atoms with Crippen molar-refractivity contribution >= 4 is 29.1 Å². The minimum atomic E-state index is -0.709. The number of aryl methyl sites for hydroxylation is 1. The van der Waals surface area contributed by atoms with Gasteiger partial charge in [-0.15, -0.1) is 0 Å². The molecule has 1 atom stereocenters. The normalized spacial score (nSPS) is 18.3. The van der Waals surface area contributed by atoms with Crippen LogP contribution in [-0.4, -0.2) is 35.4 Å². The summed E-state index contributed by atoms with van der Waals surface area (Å²) in [6, 6.07) is 11.9. The van der Waals surface area contributed by atoms with E-state index in [1.54, 1.807) is 18.2 Å². The maximum atomic E-state index is 12.9. The lowest BCUT2D eigenvalue weighted by Crippen LogP contribution is -2.30. The number of likely N-dealkylation sites (tertiary alicyclic amines) is 1. The first-order chi connectivity index (χ1) is 13.9. The maximum Gasteiger partial charge on any atom is 0.295 e. The van der Waals surface area contributed by atoms with E-state index in [1.807, 2.05) is 31.2 Å². The molecule has 1 unspecified atom stereocenters. The first-order valence-electron chi connectivity index (χ1n) is 9.64. The summed E-state index contributed by atoms with van der Waals surface area (Å²) < 4.78 is 5.21. The molecule has 2 aromatic carbocycles. The van der Waals surface area contributed by atoms with Gasteiger partial charge in [0.1, 0.15) is 11.5 Å². The predicted octanol–water partition coefficient (Wildman–Crippen LogP) is 4.74. The predicted molar refractivity (Wildman–Crippen MR) is 113 cm³/mol. The Balaban J connectivity index is 2.21. The number of methoxy groups -OCH3 is 1. The third kappa shape index (κ3) is 3.87. The number of hydrogen-bond donors (Lipinski definition) is 1. The van der Waals surface area contributed by atoms with E-state index in [0.717, 1.165) is 17.5 Å². The number of benzene rings is 2. The number of hydrogen-bond acceptors (Lipinski definition) is 4. The fourth-order valence-electron chi connectivity index (χ4n) is 3.59. The standard InChI is InChI=1S/C23H24ClNO4/c1-4-12-25-20(15-8-6-14(5-2)7-9-15)19(22(27)23(25)28)21(26)17-13-16(29-3)10-11-18(17)24/h6-11,13,20,26H,4-5,12H2,1-3H3/b21-19+. The molecule has 1 aliphatic heterocycles. The van der Waals surface area contributed by atoms with E-state index in [1.165, 1.54) is 12.0 Å². The van der Waals surface area contributed by atoms with Crippen LogP contribution in [0.3, 0.4) is 0 Å². The summed E-state index contributed by atoms with van der Waals surface area (Å²) in [6.07, 6.45) is 1.57. The second-order valence-electron chi connectivity index (χ2n) is 6.93. The van der Waals surface area contributed by atoms with Gasteiger partial charge in [-0.3, -0.25) is 9.59 Å². The van der Waals surface area contributed by atoms with Crippen LogP contribution in [0, 0.1) is 0 Å². The van der Waals surface area contributed by atoms with Crippen molar-refractivity contribution in [1.82, 2.24) is 4.90 Å². The van der Waals surface area contributed by atoms with Crippen LogP contribution in [0.15, 0.2) is 48.0 Å². The minimum Gasteiger partial charge on any atom is -0.507 e. The first kappa shape index (κ1) is 20.9. The number of halogens is 1. The monoisotopic (exact) mass is 413 g/mol. The third-order valence-electron chi connectivity index (χ3n) is 5.14. The summed E-state index contributed by atoms with van der Waals surface area (Å²) in [5, 5.41) is 11.3. The van der Waals surface area contributed by atoms with Gasteiger partial charge in [0.25, 0.3) is 11.7 Å². The molecule has 6 heteroatoms. The summed E-state index contributed by atoms with van der Waals surface area (Å²) in [5.74, 6) is -1.13. The summed E-state index contributed by atoms with van der Waals surface area (Å²) in [4.78, 5) is 27.1. The van der Waals surface area contributed by atoms with Gasteiger partial charge in [-0.25, -0.2) is 0 Å². The van der Waals surface area contributed by atoms with Crippen LogP contribution in [0.25, 0.3) is 5.76 Å². The molecule has 0 spiro atoms. The van der Waals surface area contributed by atoms with Crippen LogP contribution < -0.4 is 4.74 Å². The molecule has 3 rings (SSSR count). The number of amides is 1. The summed E-state index contributed by atoms with van der Waals surface area (Å²) in [6.45, 7) is 4.41. The number of Topliss-reactive ketones (excluding diaryl/α,β-unsaturated/α-hetero) is 1. The molecule has 0 aliphatic carbocycles. The van der Waals surface area contributed by atoms with E-state index in [2.05, 4.69) is 6.92 Å². The van der Waals surface area contributed by atoms with Crippen molar-refractivity contribution in [2.24, 2.45) is 0 Å². The summed E-state index contributed by atoms with van der Waals surface area (Å²) in [5.41, 5.74) is 2.23. The Kier molecular flexibility index (Phi) is 6.28. The van der Waals surface area contributed by atoms with Gasteiger partial charge in [0.15, 0.2) is 0 Å². The number of aliphatic hydroxyl groups is 1. The molecule has 0 saturated carbocycles. The Bertz CT molecular complexity index is 965. The van der Waals surface area contributed by atoms with E-state index >= 15 is 0 Å². The molecule has 2 aromatic rings. The fourth-order valence-corrected chi connectivity index (χ4v) is 3.80. The third-order valence-corrected chi connectivity index (χ3v) is 5.47. The van der Waals surface area contributed by atoms with Crippen molar-refractivity contribution in [3.63, 3.8) is 0 Å². The van der Waals surface area contributed by atoms with E-state index in [4.69, 9.17) is 16.3 Å². The Morgan fingerprint density at radius 3 is 2.41 bits per heavy atom. The van der Waals surface area contributed by atoms with Gasteiger partial charge in [-0.2, -0.15) is 0 Å². The SMILES string of the molecule is CCCN1C(=O)C(=O)/C(=C(/O)c2cc(OC)ccc2Cl)C1c1ccc(CC)cc1. The number of carbonyl (C=O) groups excluding carboxylic acids is 2. The molecule has 1 aliphatic rings. The zero-order chi connectivity index (χ0) is 21.1. The molecule has 1 heterocycles. The minimum absolute atomic E-state index is 0.0443. The van der Waals surface area contributed by atoms with Gasteiger partial charge >= 0.3 is 0 Å². The Hall–Kier alpha value is -2.79. The van der Waals surface area contributed by atoms with E-state index in [0.29, 0.717) is 18.7 Å². The Labute approximate surface area is 175 Å². The van der Waals surface area contributed by atoms with Crippen LogP contribution in [0.4, 0.5) is 0 Å². The van der Waals surface area contributed by atoms with Gasteiger partial charge in [-0.05, 0) is 42.2 Å². The van der Waals surface area contributed by atoms with E-state index in [-0.39, 0.29) is 21.9 Å². The van der Waals surface area contributed by atoms with Crippen molar-refractivity contribution in [3.8, 4) is 5.75 Å². The highest BCUT2D eigenvalue weighted by atomic mass is 35.5. The molecule has 5 nitrogen and oxygen atoms in total. The molecule has 29 heavy (non-hydrogen) atoms. The zero-order valence-corrected chi connectivity index (χ0v) is 17.5. The molecule has 1 fully saturated rings. The van der Waals surface area contributed by atoms with Crippen molar-refractivity contribution in [1.29, 1.82) is 0 Å². The van der Waals surface area contributed by atoms with Crippen molar-refractivity contribution in [2.45, 2.75) is 32.7 Å². The second kappa shape index (κ2) is 8.70. The van der Waals surface area contributed by atoms with Crippen LogP contribution in [0.2, 0.25) is 5.02 Å². The molecule has 0 aromatic heterocycles. The van der Waals surface area contributed by atoms with E-state index < -0.39 is 17.7 Å². The van der Waals surface area contributed by atoms with Crippen LogP contribution >= 0.6 is 11.6 Å². The highest BCUT2D eigenvalue weighted by Gasteiger charge is 2.45. The topological polar surface area (TPSA) is 66.8 Å². The smallest absolute Gasteiger partial charge is 0.295 e. The average molecular weight is 414 g/mol. The lowest BCUT2D eigenvalue weighted by atomic mass is 9.94. The molecule has 0 radical (unpaired) electrons. The molecule has 152 valence electrons. The lowest BCUT2D eigenvalue weighted by molar-refractivity contribution is -0.139. The number of ether oxygens (including phenoxy) is 1.